The van der Waals surface area contributed by atoms with Crippen LogP contribution in [0.2, 0.25) is 0 Å². The zero-order valence-corrected chi connectivity index (χ0v) is 14.4. The maximum Gasteiger partial charge on any atom is 0.243 e. The highest BCUT2D eigenvalue weighted by atomic mass is 32.2. The lowest BCUT2D eigenvalue weighted by Crippen LogP contribution is -2.65. The zero-order chi connectivity index (χ0) is 16.3. The summed E-state index contributed by atoms with van der Waals surface area (Å²) in [5, 5.41) is 0. The standard InChI is InChI=1S/C18H23NO3S/c1-14-3-5-15(6-4-14)23(21,22)19-11-9-17(10-12-19)13-16(20)18(17)7-2-8-18/h3-6H,2,7-13H2,1H3. The van der Waals surface area contributed by atoms with Gasteiger partial charge in [-0.3, -0.25) is 4.79 Å². The van der Waals surface area contributed by atoms with E-state index in [4.69, 9.17) is 0 Å². The second-order valence-electron chi connectivity index (χ2n) is 7.53. The van der Waals surface area contributed by atoms with Crippen molar-refractivity contribution in [3.63, 3.8) is 0 Å². The average Bonchev–Trinajstić information content (AvgIpc) is 2.46. The number of piperidine rings is 1. The number of benzene rings is 1. The normalized spacial score (nSPS) is 26.0. The predicted octanol–water partition coefficient (Wildman–Crippen LogP) is 2.91. The van der Waals surface area contributed by atoms with Gasteiger partial charge in [0.25, 0.3) is 0 Å². The Hall–Kier alpha value is -1.20. The fourth-order valence-electron chi connectivity index (χ4n) is 4.84. The summed E-state index contributed by atoms with van der Waals surface area (Å²) < 4.78 is 27.2. The third-order valence-electron chi connectivity index (χ3n) is 6.59. The number of hydrogen-bond acceptors (Lipinski definition) is 3. The largest absolute Gasteiger partial charge is 0.299 e. The maximum atomic E-state index is 12.8. The first kappa shape index (κ1) is 15.3. The molecular weight excluding hydrogens is 310 g/mol. The minimum absolute atomic E-state index is 0.0767. The van der Waals surface area contributed by atoms with E-state index in [1.54, 1.807) is 16.4 Å². The lowest BCUT2D eigenvalue weighted by Gasteiger charge is -2.65. The van der Waals surface area contributed by atoms with Gasteiger partial charge in [0, 0.05) is 24.9 Å². The van der Waals surface area contributed by atoms with Gasteiger partial charge in [0.15, 0.2) is 0 Å². The summed E-state index contributed by atoms with van der Waals surface area (Å²) in [5.74, 6) is 0.429. The second kappa shape index (κ2) is 4.90. The van der Waals surface area contributed by atoms with Gasteiger partial charge in [-0.05, 0) is 50.2 Å². The van der Waals surface area contributed by atoms with E-state index in [1.165, 1.54) is 0 Å². The molecule has 23 heavy (non-hydrogen) atoms. The monoisotopic (exact) mass is 333 g/mol. The van der Waals surface area contributed by atoms with Gasteiger partial charge in [0.2, 0.25) is 10.0 Å². The fourth-order valence-corrected chi connectivity index (χ4v) is 6.28. The molecule has 5 heteroatoms. The van der Waals surface area contributed by atoms with Gasteiger partial charge in [-0.2, -0.15) is 4.31 Å². The highest BCUT2D eigenvalue weighted by Gasteiger charge is 2.67. The van der Waals surface area contributed by atoms with E-state index in [0.29, 0.717) is 30.2 Å². The molecule has 1 saturated heterocycles. The van der Waals surface area contributed by atoms with Crippen LogP contribution in [0, 0.1) is 17.8 Å². The molecule has 1 aromatic rings. The van der Waals surface area contributed by atoms with E-state index < -0.39 is 10.0 Å². The van der Waals surface area contributed by atoms with Gasteiger partial charge < -0.3 is 0 Å². The van der Waals surface area contributed by atoms with Crippen LogP contribution in [0.5, 0.6) is 0 Å². The van der Waals surface area contributed by atoms with Crippen molar-refractivity contribution in [2.24, 2.45) is 10.8 Å². The Kier molecular flexibility index (Phi) is 3.27. The average molecular weight is 333 g/mol. The van der Waals surface area contributed by atoms with Crippen LogP contribution in [0.1, 0.15) is 44.1 Å². The molecule has 0 unspecified atom stereocenters. The van der Waals surface area contributed by atoms with Crippen molar-refractivity contribution >= 4 is 15.8 Å². The second-order valence-corrected chi connectivity index (χ2v) is 9.47. The molecule has 2 spiro atoms. The molecule has 1 aromatic carbocycles. The molecule has 2 aliphatic carbocycles. The molecule has 1 heterocycles. The number of Topliss-reactive ketones (excluding diaryl/α,β-unsaturated/α-hetero) is 1. The van der Waals surface area contributed by atoms with Crippen LogP contribution in [0.25, 0.3) is 0 Å². The summed E-state index contributed by atoms with van der Waals surface area (Å²) in [4.78, 5) is 12.5. The lowest BCUT2D eigenvalue weighted by atomic mass is 9.38. The molecule has 3 fully saturated rings. The van der Waals surface area contributed by atoms with E-state index >= 15 is 0 Å². The quantitative estimate of drug-likeness (QED) is 0.836. The van der Waals surface area contributed by atoms with Gasteiger partial charge in [0.1, 0.15) is 5.78 Å². The third-order valence-corrected chi connectivity index (χ3v) is 8.51. The molecule has 1 aliphatic heterocycles. The van der Waals surface area contributed by atoms with Crippen LogP contribution in [0.15, 0.2) is 29.2 Å². The van der Waals surface area contributed by atoms with Crippen molar-refractivity contribution in [1.82, 2.24) is 4.31 Å². The molecule has 4 nitrogen and oxygen atoms in total. The Morgan fingerprint density at radius 1 is 1.00 bits per heavy atom. The Balaban J connectivity index is 1.52. The highest BCUT2D eigenvalue weighted by Crippen LogP contribution is 2.68. The van der Waals surface area contributed by atoms with Crippen LogP contribution in [-0.2, 0) is 14.8 Å². The van der Waals surface area contributed by atoms with Crippen LogP contribution in [-0.4, -0.2) is 31.6 Å². The number of sulfonamides is 1. The van der Waals surface area contributed by atoms with Crippen molar-refractivity contribution in [3.05, 3.63) is 29.8 Å². The smallest absolute Gasteiger partial charge is 0.243 e. The summed E-state index contributed by atoms with van der Waals surface area (Å²) in [6.07, 6.45) is 5.55. The first-order valence-corrected chi connectivity index (χ1v) is 9.94. The van der Waals surface area contributed by atoms with Gasteiger partial charge in [-0.15, -0.1) is 0 Å². The Bertz CT molecular complexity index is 739. The minimum Gasteiger partial charge on any atom is -0.299 e. The van der Waals surface area contributed by atoms with Crippen LogP contribution < -0.4 is 0 Å². The molecule has 0 amide bonds. The number of carbonyl (C=O) groups is 1. The van der Waals surface area contributed by atoms with Crippen molar-refractivity contribution in [3.8, 4) is 0 Å². The molecule has 4 rings (SSSR count). The number of ketones is 1. The summed E-state index contributed by atoms with van der Waals surface area (Å²) in [7, 11) is -3.40. The first-order valence-electron chi connectivity index (χ1n) is 8.50. The van der Waals surface area contributed by atoms with E-state index in [2.05, 4.69) is 0 Å². The number of rotatable bonds is 2. The number of carbonyl (C=O) groups excluding carboxylic acids is 1. The molecular formula is C18H23NO3S. The van der Waals surface area contributed by atoms with Crippen LogP contribution in [0.3, 0.4) is 0 Å². The summed E-state index contributed by atoms with van der Waals surface area (Å²) >= 11 is 0. The summed E-state index contributed by atoms with van der Waals surface area (Å²) in [6, 6.07) is 7.06. The first-order chi connectivity index (χ1) is 10.9. The van der Waals surface area contributed by atoms with Gasteiger partial charge in [0.05, 0.1) is 4.90 Å². The molecule has 0 bridgehead atoms. The van der Waals surface area contributed by atoms with Crippen molar-refractivity contribution in [2.45, 2.75) is 50.3 Å². The van der Waals surface area contributed by atoms with Crippen LogP contribution in [0.4, 0.5) is 0 Å². The molecule has 124 valence electrons. The van der Waals surface area contributed by atoms with Gasteiger partial charge >= 0.3 is 0 Å². The van der Waals surface area contributed by atoms with E-state index in [9.17, 15) is 13.2 Å². The molecule has 0 atom stereocenters. The predicted molar refractivity (Wildman–Crippen MR) is 87.5 cm³/mol. The number of aryl methyl sites for hydroxylation is 1. The number of fused-ring (bicyclic) bond motifs is 1. The Morgan fingerprint density at radius 2 is 1.61 bits per heavy atom. The Morgan fingerprint density at radius 3 is 2.09 bits per heavy atom. The molecule has 3 aliphatic rings. The van der Waals surface area contributed by atoms with Crippen molar-refractivity contribution in [1.29, 1.82) is 0 Å². The number of hydrogen-bond donors (Lipinski definition) is 0. The summed E-state index contributed by atoms with van der Waals surface area (Å²) in [5.41, 5.74) is 1.08. The molecule has 2 saturated carbocycles. The fraction of sp³-hybridized carbons (Fsp3) is 0.611. The van der Waals surface area contributed by atoms with Crippen molar-refractivity contribution < 1.29 is 13.2 Å². The highest BCUT2D eigenvalue weighted by molar-refractivity contribution is 7.89. The minimum atomic E-state index is -3.40. The SMILES string of the molecule is Cc1ccc(S(=O)(=O)N2CCC3(CC2)CC(=O)C32CCC2)cc1. The van der Waals surface area contributed by atoms with E-state index in [0.717, 1.165) is 37.7 Å². The van der Waals surface area contributed by atoms with E-state index in [1.807, 2.05) is 19.1 Å². The molecule has 0 aromatic heterocycles. The zero-order valence-electron chi connectivity index (χ0n) is 13.5. The number of nitrogens with zero attached hydrogens (tertiary/aromatic N) is 1. The Labute approximate surface area is 137 Å². The third kappa shape index (κ3) is 1.99. The lowest BCUT2D eigenvalue weighted by molar-refractivity contribution is -0.183. The van der Waals surface area contributed by atoms with Gasteiger partial charge in [-0.1, -0.05) is 24.1 Å². The molecule has 0 N–H and O–H groups in total. The van der Waals surface area contributed by atoms with Gasteiger partial charge in [-0.25, -0.2) is 8.42 Å². The summed E-state index contributed by atoms with van der Waals surface area (Å²) in [6.45, 7) is 3.04. The van der Waals surface area contributed by atoms with Crippen LogP contribution >= 0.6 is 0 Å². The molecule has 0 radical (unpaired) electrons. The van der Waals surface area contributed by atoms with Crippen molar-refractivity contribution in [2.75, 3.05) is 13.1 Å². The maximum absolute atomic E-state index is 12.8. The van der Waals surface area contributed by atoms with E-state index in [-0.39, 0.29) is 10.8 Å². The topological polar surface area (TPSA) is 54.5 Å².